The van der Waals surface area contributed by atoms with Gasteiger partial charge in [-0.25, -0.2) is 19.3 Å². The first-order chi connectivity index (χ1) is 17.6. The Morgan fingerprint density at radius 2 is 1.83 bits per heavy atom. The van der Waals surface area contributed by atoms with Crippen molar-refractivity contribution in [2.75, 3.05) is 0 Å². The van der Waals surface area contributed by atoms with Crippen LogP contribution in [0.2, 0.25) is 0 Å². The van der Waals surface area contributed by atoms with Crippen molar-refractivity contribution < 1.29 is 9.18 Å². The largest absolute Gasteiger partial charge is 0.335 e. The Kier molecular flexibility index (Phi) is 5.29. The highest BCUT2D eigenvalue weighted by atomic mass is 19.1. The molecular weight excluding hydrogens is 457 g/mol. The summed E-state index contributed by atoms with van der Waals surface area (Å²) in [4.78, 5) is 33.0. The van der Waals surface area contributed by atoms with Crippen molar-refractivity contribution in [2.24, 2.45) is 0 Å². The fraction of sp³-hybridized carbons (Fsp3) is 0.111. The average molecular weight is 478 g/mol. The summed E-state index contributed by atoms with van der Waals surface area (Å²) in [7, 11) is 0. The molecule has 6 rings (SSSR count). The zero-order chi connectivity index (χ0) is 24.6. The predicted octanol–water partition coefficient (Wildman–Crippen LogP) is 5.29. The van der Waals surface area contributed by atoms with E-state index >= 15 is 0 Å². The van der Waals surface area contributed by atoms with Gasteiger partial charge in [0, 0.05) is 53.8 Å². The van der Waals surface area contributed by atoms with E-state index in [-0.39, 0.29) is 11.6 Å². The van der Waals surface area contributed by atoms with Gasteiger partial charge in [0.05, 0.1) is 10.9 Å². The van der Waals surface area contributed by atoms with Crippen LogP contribution in [0.4, 0.5) is 4.39 Å². The Hall–Kier alpha value is -4.79. The third-order valence-electron chi connectivity index (χ3n) is 6.10. The highest BCUT2D eigenvalue weighted by Gasteiger charge is 2.17. The molecule has 2 N–H and O–H groups in total. The second-order valence-electron chi connectivity index (χ2n) is 8.45. The molecule has 1 aromatic carbocycles. The summed E-state index contributed by atoms with van der Waals surface area (Å²) >= 11 is 0. The zero-order valence-electron chi connectivity index (χ0n) is 19.3. The number of rotatable bonds is 6. The summed E-state index contributed by atoms with van der Waals surface area (Å²) in [6, 6.07) is 14.0. The molecule has 0 amide bonds. The number of benzene rings is 1. The SMILES string of the molecule is CCC(=O)Cc1ccc(-c2cnc3n[nH]c(-c4nc5nccc(-c6cccc(F)c6)c5[nH]4)c3c2)cn1. The van der Waals surface area contributed by atoms with E-state index in [0.717, 1.165) is 33.3 Å². The van der Waals surface area contributed by atoms with Gasteiger partial charge in [-0.15, -0.1) is 0 Å². The standard InChI is InChI=1S/C27H20FN7O/c1-2-20(36)12-19-7-6-16(13-30-19)17-11-22-24(34-35-25(22)31-14-17)27-32-23-21(8-9-29-26(23)33-27)15-4-3-5-18(28)10-15/h3-11,13-14H,2,12H2,1H3,(H,29,32,33)(H,31,34,35). The van der Waals surface area contributed by atoms with Gasteiger partial charge in [0.15, 0.2) is 17.1 Å². The molecule has 9 heteroatoms. The molecule has 5 heterocycles. The van der Waals surface area contributed by atoms with Gasteiger partial charge >= 0.3 is 0 Å². The molecule has 8 nitrogen and oxygen atoms in total. The summed E-state index contributed by atoms with van der Waals surface area (Å²) in [5.41, 5.74) is 6.44. The van der Waals surface area contributed by atoms with Crippen LogP contribution < -0.4 is 0 Å². The van der Waals surface area contributed by atoms with Crippen molar-refractivity contribution in [3.63, 3.8) is 0 Å². The van der Waals surface area contributed by atoms with Crippen molar-refractivity contribution in [1.29, 1.82) is 0 Å². The lowest BCUT2D eigenvalue weighted by atomic mass is 10.1. The Balaban J connectivity index is 1.40. The molecule has 0 aliphatic rings. The number of Topliss-reactive ketones (excluding diaryl/α,β-unsaturated/α-hetero) is 1. The molecule has 0 bridgehead atoms. The number of imidazole rings is 1. The average Bonchev–Trinajstić information content (AvgIpc) is 3.52. The number of hydrogen-bond donors (Lipinski definition) is 2. The predicted molar refractivity (Wildman–Crippen MR) is 134 cm³/mol. The van der Waals surface area contributed by atoms with Gasteiger partial charge in [-0.2, -0.15) is 5.10 Å². The Bertz CT molecular complexity index is 1740. The minimum Gasteiger partial charge on any atom is -0.335 e. The number of halogens is 1. The lowest BCUT2D eigenvalue weighted by Gasteiger charge is -2.04. The summed E-state index contributed by atoms with van der Waals surface area (Å²) in [5, 5.41) is 8.14. The molecule has 6 aromatic rings. The smallest absolute Gasteiger partial charge is 0.181 e. The van der Waals surface area contributed by atoms with Crippen molar-refractivity contribution in [1.82, 2.24) is 35.1 Å². The second-order valence-corrected chi connectivity index (χ2v) is 8.45. The molecule has 0 saturated carbocycles. The number of aromatic amines is 2. The topological polar surface area (TPSA) is 113 Å². The minimum absolute atomic E-state index is 0.155. The van der Waals surface area contributed by atoms with E-state index in [1.54, 1.807) is 24.7 Å². The number of nitrogens with one attached hydrogen (secondary N) is 2. The number of hydrogen-bond acceptors (Lipinski definition) is 6. The number of carbonyl (C=O) groups is 1. The first-order valence-corrected chi connectivity index (χ1v) is 11.5. The van der Waals surface area contributed by atoms with Crippen molar-refractivity contribution in [3.05, 3.63) is 78.6 Å². The molecular formula is C27H20FN7O. The van der Waals surface area contributed by atoms with Gasteiger partial charge < -0.3 is 4.98 Å². The van der Waals surface area contributed by atoms with E-state index < -0.39 is 0 Å². The number of fused-ring (bicyclic) bond motifs is 2. The third kappa shape index (κ3) is 3.90. The van der Waals surface area contributed by atoms with E-state index in [1.807, 2.05) is 37.3 Å². The maximum Gasteiger partial charge on any atom is 0.181 e. The number of H-pyrrole nitrogens is 2. The Morgan fingerprint density at radius 1 is 0.944 bits per heavy atom. The number of pyridine rings is 3. The van der Waals surface area contributed by atoms with Crippen LogP contribution in [-0.4, -0.2) is 40.9 Å². The van der Waals surface area contributed by atoms with E-state index in [2.05, 4.69) is 35.1 Å². The van der Waals surface area contributed by atoms with E-state index in [0.29, 0.717) is 41.2 Å². The molecule has 0 aliphatic carbocycles. The molecule has 0 radical (unpaired) electrons. The highest BCUT2D eigenvalue weighted by molar-refractivity contribution is 5.96. The van der Waals surface area contributed by atoms with Gasteiger partial charge in [-0.1, -0.05) is 25.1 Å². The maximum absolute atomic E-state index is 13.8. The number of ketones is 1. The maximum atomic E-state index is 13.8. The van der Waals surface area contributed by atoms with E-state index in [4.69, 9.17) is 0 Å². The van der Waals surface area contributed by atoms with Crippen LogP contribution in [0.25, 0.3) is 56.0 Å². The van der Waals surface area contributed by atoms with Gasteiger partial charge in [-0.3, -0.25) is 14.9 Å². The third-order valence-corrected chi connectivity index (χ3v) is 6.10. The van der Waals surface area contributed by atoms with Crippen molar-refractivity contribution in [3.8, 4) is 33.8 Å². The normalized spacial score (nSPS) is 11.4. The van der Waals surface area contributed by atoms with E-state index in [1.165, 1.54) is 12.1 Å². The quantitative estimate of drug-likeness (QED) is 0.337. The summed E-state index contributed by atoms with van der Waals surface area (Å²) in [6.45, 7) is 1.85. The molecule has 0 saturated heterocycles. The van der Waals surface area contributed by atoms with E-state index in [9.17, 15) is 9.18 Å². The number of aromatic nitrogens is 7. The fourth-order valence-corrected chi connectivity index (χ4v) is 4.19. The van der Waals surface area contributed by atoms with Crippen LogP contribution >= 0.6 is 0 Å². The minimum atomic E-state index is -0.310. The first-order valence-electron chi connectivity index (χ1n) is 11.5. The van der Waals surface area contributed by atoms with Gasteiger partial charge in [0.1, 0.15) is 17.3 Å². The molecule has 176 valence electrons. The molecule has 0 spiro atoms. The second kappa shape index (κ2) is 8.77. The molecule has 5 aromatic heterocycles. The van der Waals surface area contributed by atoms with Gasteiger partial charge in [-0.05, 0) is 35.9 Å². The molecule has 0 atom stereocenters. The lowest BCUT2D eigenvalue weighted by Crippen LogP contribution is -2.02. The first kappa shape index (κ1) is 21.7. The monoisotopic (exact) mass is 477 g/mol. The Labute approximate surface area is 204 Å². The molecule has 0 fully saturated rings. The molecule has 0 aliphatic heterocycles. The van der Waals surface area contributed by atoms with Crippen molar-refractivity contribution >= 4 is 28.0 Å². The summed E-state index contributed by atoms with van der Waals surface area (Å²) < 4.78 is 13.8. The zero-order valence-corrected chi connectivity index (χ0v) is 19.3. The van der Waals surface area contributed by atoms with Crippen LogP contribution in [0.3, 0.4) is 0 Å². The van der Waals surface area contributed by atoms with Crippen LogP contribution in [0, 0.1) is 5.82 Å². The van der Waals surface area contributed by atoms with Crippen LogP contribution in [0.5, 0.6) is 0 Å². The number of nitrogens with zero attached hydrogens (tertiary/aromatic N) is 5. The van der Waals surface area contributed by atoms with Gasteiger partial charge in [0.25, 0.3) is 0 Å². The molecule has 0 unspecified atom stereocenters. The Morgan fingerprint density at radius 3 is 2.64 bits per heavy atom. The lowest BCUT2D eigenvalue weighted by molar-refractivity contribution is -0.118. The van der Waals surface area contributed by atoms with Crippen LogP contribution in [-0.2, 0) is 11.2 Å². The fourth-order valence-electron chi connectivity index (χ4n) is 4.19. The van der Waals surface area contributed by atoms with Gasteiger partial charge in [0.2, 0.25) is 0 Å². The number of carbonyl (C=O) groups excluding carboxylic acids is 1. The van der Waals surface area contributed by atoms with Crippen LogP contribution in [0.15, 0.2) is 67.1 Å². The highest BCUT2D eigenvalue weighted by Crippen LogP contribution is 2.32. The summed E-state index contributed by atoms with van der Waals surface area (Å²) in [5.74, 6) is 0.395. The molecule has 36 heavy (non-hydrogen) atoms. The summed E-state index contributed by atoms with van der Waals surface area (Å²) in [6.07, 6.45) is 5.97. The van der Waals surface area contributed by atoms with Crippen molar-refractivity contribution in [2.45, 2.75) is 19.8 Å². The van der Waals surface area contributed by atoms with Crippen LogP contribution in [0.1, 0.15) is 19.0 Å².